The smallest absolute Gasteiger partial charge is 0.166 e. The molecule has 0 saturated heterocycles. The maximum absolute atomic E-state index is 9.28. The van der Waals surface area contributed by atoms with Gasteiger partial charge in [-0.25, -0.2) is 0 Å². The Kier molecular flexibility index (Phi) is 5.43. The first-order chi connectivity index (χ1) is 8.74. The van der Waals surface area contributed by atoms with Crippen molar-refractivity contribution >= 4 is 0 Å². The first-order valence-corrected chi connectivity index (χ1v) is 6.59. The van der Waals surface area contributed by atoms with Gasteiger partial charge in [0.25, 0.3) is 0 Å². The summed E-state index contributed by atoms with van der Waals surface area (Å²) in [6, 6.07) is 4.23. The predicted molar refractivity (Wildman–Crippen MR) is 78.7 cm³/mol. The van der Waals surface area contributed by atoms with Crippen LogP contribution in [0.4, 0.5) is 0 Å². The van der Waals surface area contributed by atoms with E-state index in [1.54, 1.807) is 13.8 Å². The van der Waals surface area contributed by atoms with Crippen molar-refractivity contribution in [1.29, 1.82) is 10.5 Å². The maximum Gasteiger partial charge on any atom is 0.166 e. The fraction of sp³-hybridized carbons (Fsp3) is 0.857. The van der Waals surface area contributed by atoms with E-state index >= 15 is 0 Å². The predicted octanol–water partition coefficient (Wildman–Crippen LogP) is 2.26. The highest BCUT2D eigenvalue weighted by atomic mass is 15.2. The fourth-order valence-corrected chi connectivity index (χ4v) is 2.19. The summed E-state index contributed by atoms with van der Waals surface area (Å²) in [5.74, 6) is 0. The summed E-state index contributed by atoms with van der Waals surface area (Å²) in [6.07, 6.45) is 0.709. The van der Waals surface area contributed by atoms with Crippen LogP contribution in [0.2, 0.25) is 0 Å². The van der Waals surface area contributed by atoms with Crippen molar-refractivity contribution < 1.29 is 0 Å². The SMILES string of the molecule is CC(C)(N)CC(C)(C#N)/N=N/C(C)(C#N)CC(C)(C)N. The summed E-state index contributed by atoms with van der Waals surface area (Å²) in [6.45, 7) is 10.6. The van der Waals surface area contributed by atoms with Gasteiger partial charge < -0.3 is 11.5 Å². The summed E-state index contributed by atoms with van der Waals surface area (Å²) in [5.41, 5.74) is 8.69. The van der Waals surface area contributed by atoms with Gasteiger partial charge >= 0.3 is 0 Å². The molecule has 2 unspecified atom stereocenters. The van der Waals surface area contributed by atoms with Crippen LogP contribution in [-0.2, 0) is 0 Å². The van der Waals surface area contributed by atoms with Gasteiger partial charge in [0, 0.05) is 23.9 Å². The van der Waals surface area contributed by atoms with Crippen LogP contribution in [0.25, 0.3) is 0 Å². The molecule has 0 aliphatic heterocycles. The third kappa shape index (κ3) is 7.18. The van der Waals surface area contributed by atoms with Gasteiger partial charge in [-0.3, -0.25) is 0 Å². The van der Waals surface area contributed by atoms with Crippen molar-refractivity contribution in [2.75, 3.05) is 0 Å². The van der Waals surface area contributed by atoms with E-state index in [0.29, 0.717) is 12.8 Å². The van der Waals surface area contributed by atoms with E-state index in [2.05, 4.69) is 22.4 Å². The van der Waals surface area contributed by atoms with Crippen LogP contribution < -0.4 is 11.5 Å². The molecule has 0 aromatic rings. The topological polar surface area (TPSA) is 124 Å². The third-order valence-corrected chi connectivity index (χ3v) is 2.57. The van der Waals surface area contributed by atoms with Crippen LogP contribution in [-0.4, -0.2) is 22.2 Å². The van der Waals surface area contributed by atoms with E-state index in [0.717, 1.165) is 0 Å². The Hall–Kier alpha value is -1.50. The summed E-state index contributed by atoms with van der Waals surface area (Å²) in [5, 5.41) is 26.8. The van der Waals surface area contributed by atoms with E-state index in [4.69, 9.17) is 11.5 Å². The molecule has 20 heavy (non-hydrogen) atoms. The van der Waals surface area contributed by atoms with Gasteiger partial charge in [-0.1, -0.05) is 0 Å². The monoisotopic (exact) mass is 278 g/mol. The Labute approximate surface area is 121 Å². The van der Waals surface area contributed by atoms with Gasteiger partial charge in [0.05, 0.1) is 12.1 Å². The lowest BCUT2D eigenvalue weighted by Gasteiger charge is -2.29. The van der Waals surface area contributed by atoms with Crippen LogP contribution in [0.15, 0.2) is 10.2 Å². The number of hydrogen-bond donors (Lipinski definition) is 2. The Morgan fingerprint density at radius 2 is 1.00 bits per heavy atom. The number of nitriles is 2. The average molecular weight is 278 g/mol. The lowest BCUT2D eigenvalue weighted by molar-refractivity contribution is 0.341. The van der Waals surface area contributed by atoms with Gasteiger partial charge in [-0.2, -0.15) is 20.8 Å². The largest absolute Gasteiger partial charge is 0.325 e. The molecular weight excluding hydrogens is 252 g/mol. The quantitative estimate of drug-likeness (QED) is 0.723. The first-order valence-electron chi connectivity index (χ1n) is 6.59. The molecule has 6 nitrogen and oxygen atoms in total. The summed E-state index contributed by atoms with van der Waals surface area (Å²) in [4.78, 5) is 0. The molecule has 0 amide bonds. The van der Waals surface area contributed by atoms with Crippen molar-refractivity contribution in [1.82, 2.24) is 0 Å². The number of azo groups is 1. The highest BCUT2D eigenvalue weighted by Crippen LogP contribution is 2.27. The molecule has 6 heteroatoms. The number of rotatable bonds is 6. The second-order valence-electron chi connectivity index (χ2n) is 7.30. The Bertz CT molecular complexity index is 400. The molecule has 0 aliphatic carbocycles. The lowest BCUT2D eigenvalue weighted by Crippen LogP contribution is -2.42. The van der Waals surface area contributed by atoms with Gasteiger partial charge in [-0.15, -0.1) is 0 Å². The highest BCUT2D eigenvalue weighted by Gasteiger charge is 2.34. The first kappa shape index (κ1) is 18.5. The van der Waals surface area contributed by atoms with Crippen LogP contribution in [0.1, 0.15) is 54.4 Å². The van der Waals surface area contributed by atoms with E-state index in [1.165, 1.54) is 0 Å². The molecule has 0 saturated carbocycles. The van der Waals surface area contributed by atoms with Crippen LogP contribution >= 0.6 is 0 Å². The molecule has 0 radical (unpaired) electrons. The molecule has 4 N–H and O–H groups in total. The third-order valence-electron chi connectivity index (χ3n) is 2.57. The maximum atomic E-state index is 9.28. The summed E-state index contributed by atoms with van der Waals surface area (Å²) < 4.78 is 0. The Morgan fingerprint density at radius 1 is 0.750 bits per heavy atom. The molecule has 0 heterocycles. The molecule has 0 aromatic heterocycles. The van der Waals surface area contributed by atoms with Crippen molar-refractivity contribution in [3.8, 4) is 12.1 Å². The molecule has 0 rings (SSSR count). The van der Waals surface area contributed by atoms with Crippen LogP contribution in [0.3, 0.4) is 0 Å². The molecule has 0 aliphatic rings. The molecule has 0 fully saturated rings. The minimum atomic E-state index is -1.05. The van der Waals surface area contributed by atoms with Crippen molar-refractivity contribution in [2.24, 2.45) is 21.7 Å². The molecule has 0 aromatic carbocycles. The highest BCUT2D eigenvalue weighted by molar-refractivity contribution is 5.10. The Balaban J connectivity index is 5.24. The van der Waals surface area contributed by atoms with E-state index < -0.39 is 22.2 Å². The van der Waals surface area contributed by atoms with Gasteiger partial charge in [0.15, 0.2) is 11.1 Å². The second-order valence-corrected chi connectivity index (χ2v) is 7.30. The molecule has 112 valence electrons. The van der Waals surface area contributed by atoms with Crippen molar-refractivity contribution in [3.05, 3.63) is 0 Å². The zero-order valence-corrected chi connectivity index (χ0v) is 13.4. The molecule has 0 bridgehead atoms. The average Bonchev–Trinajstić information content (AvgIpc) is 2.22. The summed E-state index contributed by atoms with van der Waals surface area (Å²) >= 11 is 0. The van der Waals surface area contributed by atoms with E-state index in [1.807, 2.05) is 27.7 Å². The number of hydrogen-bond acceptors (Lipinski definition) is 6. The Morgan fingerprint density at radius 3 is 1.15 bits per heavy atom. The van der Waals surface area contributed by atoms with Gasteiger partial charge in [-0.05, 0) is 41.5 Å². The minimum absolute atomic E-state index is 0.355. The van der Waals surface area contributed by atoms with Crippen LogP contribution in [0, 0.1) is 22.7 Å². The molecule has 0 spiro atoms. The van der Waals surface area contributed by atoms with Crippen molar-refractivity contribution in [2.45, 2.75) is 76.5 Å². The minimum Gasteiger partial charge on any atom is -0.325 e. The van der Waals surface area contributed by atoms with Crippen molar-refractivity contribution in [3.63, 3.8) is 0 Å². The van der Waals surface area contributed by atoms with Gasteiger partial charge in [0.2, 0.25) is 0 Å². The molecular formula is C14H26N6. The summed E-state index contributed by atoms with van der Waals surface area (Å²) in [7, 11) is 0. The number of nitrogens with zero attached hydrogens (tertiary/aromatic N) is 4. The zero-order chi connectivity index (χ0) is 16.2. The molecule has 2 atom stereocenters. The number of nitrogens with two attached hydrogens (primary N) is 2. The van der Waals surface area contributed by atoms with E-state index in [-0.39, 0.29) is 0 Å². The zero-order valence-electron chi connectivity index (χ0n) is 13.4. The normalized spacial score (nSPS) is 18.9. The fourth-order valence-electron chi connectivity index (χ4n) is 2.19. The van der Waals surface area contributed by atoms with E-state index in [9.17, 15) is 10.5 Å². The lowest BCUT2D eigenvalue weighted by atomic mass is 9.87. The van der Waals surface area contributed by atoms with Crippen LogP contribution in [0.5, 0.6) is 0 Å². The van der Waals surface area contributed by atoms with Gasteiger partial charge in [0.1, 0.15) is 0 Å². The standard InChI is InChI=1S/C14H26N6/c1-11(2,17)7-13(5,9-15)19-20-14(6,10-16)8-12(3,4)18/h7-8,17-18H2,1-6H3/b20-19+. The second kappa shape index (κ2) is 5.87.